The number of nitrogens with zero attached hydrogens (tertiary/aromatic N) is 4. The highest BCUT2D eigenvalue weighted by Crippen LogP contribution is 2.21. The van der Waals surface area contributed by atoms with Gasteiger partial charge in [0, 0.05) is 64.5 Å². The van der Waals surface area contributed by atoms with Gasteiger partial charge in [-0.2, -0.15) is 0 Å². The van der Waals surface area contributed by atoms with Gasteiger partial charge >= 0.3 is 0 Å². The maximum absolute atomic E-state index is 12.7. The molecule has 154 valence electrons. The lowest BCUT2D eigenvalue weighted by molar-refractivity contribution is -0.131. The molecular weight excluding hydrogens is 360 g/mol. The molecule has 0 radical (unpaired) electrons. The molecule has 5 nitrogen and oxygen atoms in total. The van der Waals surface area contributed by atoms with Crippen molar-refractivity contribution in [2.45, 2.75) is 45.3 Å². The molecule has 1 atom stereocenters. The Morgan fingerprint density at radius 3 is 2.45 bits per heavy atom. The van der Waals surface area contributed by atoms with Crippen LogP contribution in [0.2, 0.25) is 0 Å². The monoisotopic (exact) mass is 392 g/mol. The van der Waals surface area contributed by atoms with E-state index >= 15 is 0 Å². The molecule has 29 heavy (non-hydrogen) atoms. The Hall–Kier alpha value is -2.24. The second-order valence-electron chi connectivity index (χ2n) is 8.42. The van der Waals surface area contributed by atoms with Gasteiger partial charge in [-0.25, -0.2) is 0 Å². The minimum absolute atomic E-state index is 0.307. The number of hydrogen-bond acceptors (Lipinski definition) is 4. The van der Waals surface area contributed by atoms with E-state index in [0.29, 0.717) is 18.4 Å². The highest BCUT2D eigenvalue weighted by molar-refractivity contribution is 5.76. The number of amides is 1. The zero-order chi connectivity index (χ0) is 20.1. The molecule has 1 aromatic heterocycles. The highest BCUT2D eigenvalue weighted by atomic mass is 16.2. The summed E-state index contributed by atoms with van der Waals surface area (Å²) in [5.41, 5.74) is 3.64. The lowest BCUT2D eigenvalue weighted by Gasteiger charge is -2.39. The molecule has 5 heteroatoms. The average Bonchev–Trinajstić information content (AvgIpc) is 2.93. The number of aryl methyl sites for hydroxylation is 1. The normalized spacial score (nSPS) is 21.9. The molecule has 3 heterocycles. The third-order valence-electron chi connectivity index (χ3n) is 6.31. The number of rotatable bonds is 5. The SMILES string of the molecule is Cc1ccc(CN2CCC(N3CCN(Cc4ccccn4)CC3)CCC2=O)cc1. The molecule has 0 aliphatic carbocycles. The summed E-state index contributed by atoms with van der Waals surface area (Å²) in [5, 5.41) is 0. The van der Waals surface area contributed by atoms with Gasteiger partial charge < -0.3 is 4.90 Å². The van der Waals surface area contributed by atoms with E-state index in [1.54, 1.807) is 0 Å². The van der Waals surface area contributed by atoms with E-state index < -0.39 is 0 Å². The van der Waals surface area contributed by atoms with Crippen LogP contribution in [-0.2, 0) is 17.9 Å². The molecule has 0 bridgehead atoms. The Balaban J connectivity index is 1.27. The molecular formula is C24H32N4O. The zero-order valence-electron chi connectivity index (χ0n) is 17.5. The Labute approximate surface area is 174 Å². The second-order valence-corrected chi connectivity index (χ2v) is 8.42. The van der Waals surface area contributed by atoms with Gasteiger partial charge in [-0.15, -0.1) is 0 Å². The van der Waals surface area contributed by atoms with E-state index in [1.807, 2.05) is 12.3 Å². The summed E-state index contributed by atoms with van der Waals surface area (Å²) in [6.45, 7) is 8.97. The predicted molar refractivity (Wildman–Crippen MR) is 115 cm³/mol. The van der Waals surface area contributed by atoms with Gasteiger partial charge in [-0.3, -0.25) is 19.6 Å². The first-order valence-electron chi connectivity index (χ1n) is 10.9. The molecule has 1 amide bonds. The first kappa shape index (κ1) is 20.0. The second kappa shape index (κ2) is 9.51. The lowest BCUT2D eigenvalue weighted by Crippen LogP contribution is -2.50. The van der Waals surface area contributed by atoms with Crippen LogP contribution in [0.15, 0.2) is 48.7 Å². The molecule has 2 saturated heterocycles. The summed E-state index contributed by atoms with van der Waals surface area (Å²) in [6.07, 6.45) is 4.61. The van der Waals surface area contributed by atoms with E-state index in [-0.39, 0.29) is 0 Å². The summed E-state index contributed by atoms with van der Waals surface area (Å²) in [4.78, 5) is 24.3. The van der Waals surface area contributed by atoms with Crippen molar-refractivity contribution in [3.05, 3.63) is 65.5 Å². The Morgan fingerprint density at radius 2 is 1.72 bits per heavy atom. The maximum atomic E-state index is 12.7. The van der Waals surface area contributed by atoms with Crippen molar-refractivity contribution in [1.82, 2.24) is 19.7 Å². The van der Waals surface area contributed by atoms with Gasteiger partial charge in [-0.1, -0.05) is 35.9 Å². The van der Waals surface area contributed by atoms with Crippen molar-refractivity contribution >= 4 is 5.91 Å². The molecule has 2 aliphatic heterocycles. The van der Waals surface area contributed by atoms with Crippen molar-refractivity contribution in [2.24, 2.45) is 0 Å². The van der Waals surface area contributed by atoms with Gasteiger partial charge in [-0.05, 0) is 37.5 Å². The van der Waals surface area contributed by atoms with Crippen LogP contribution in [0.4, 0.5) is 0 Å². The molecule has 2 aliphatic rings. The summed E-state index contributed by atoms with van der Waals surface area (Å²) in [5.74, 6) is 0.307. The van der Waals surface area contributed by atoms with Crippen LogP contribution in [0.5, 0.6) is 0 Å². The van der Waals surface area contributed by atoms with Crippen LogP contribution >= 0.6 is 0 Å². The lowest BCUT2D eigenvalue weighted by atomic mass is 10.1. The van der Waals surface area contributed by atoms with Crippen LogP contribution in [0.25, 0.3) is 0 Å². The van der Waals surface area contributed by atoms with Gasteiger partial charge in [0.2, 0.25) is 5.91 Å². The first-order chi connectivity index (χ1) is 14.2. The van der Waals surface area contributed by atoms with Crippen molar-refractivity contribution in [2.75, 3.05) is 32.7 Å². The molecule has 2 aromatic rings. The molecule has 1 unspecified atom stereocenters. The smallest absolute Gasteiger partial charge is 0.222 e. The van der Waals surface area contributed by atoms with Crippen LogP contribution in [-0.4, -0.2) is 64.4 Å². The largest absolute Gasteiger partial charge is 0.338 e. The molecule has 0 N–H and O–H groups in total. The van der Waals surface area contributed by atoms with Gasteiger partial charge in [0.1, 0.15) is 0 Å². The van der Waals surface area contributed by atoms with Crippen LogP contribution in [0, 0.1) is 6.92 Å². The number of likely N-dealkylation sites (tertiary alicyclic amines) is 1. The van der Waals surface area contributed by atoms with E-state index in [4.69, 9.17) is 0 Å². The number of piperazine rings is 1. The Morgan fingerprint density at radius 1 is 0.931 bits per heavy atom. The van der Waals surface area contributed by atoms with E-state index in [1.165, 1.54) is 11.1 Å². The number of carbonyl (C=O) groups is 1. The molecule has 0 spiro atoms. The summed E-state index contributed by atoms with van der Waals surface area (Å²) in [7, 11) is 0. The van der Waals surface area contributed by atoms with Crippen LogP contribution in [0.1, 0.15) is 36.1 Å². The molecule has 1 aromatic carbocycles. The van der Waals surface area contributed by atoms with Crippen molar-refractivity contribution in [1.29, 1.82) is 0 Å². The van der Waals surface area contributed by atoms with Crippen molar-refractivity contribution < 1.29 is 4.79 Å². The summed E-state index contributed by atoms with van der Waals surface area (Å²) >= 11 is 0. The standard InChI is InChI=1S/C24H32N4O/c1-20-5-7-21(8-6-20)18-28-13-11-23(9-10-24(28)29)27-16-14-26(15-17-27)19-22-4-2-3-12-25-22/h2-8,12,23H,9-11,13-19H2,1H3. The summed E-state index contributed by atoms with van der Waals surface area (Å²) < 4.78 is 0. The maximum Gasteiger partial charge on any atom is 0.222 e. The van der Waals surface area contributed by atoms with Crippen molar-refractivity contribution in [3.8, 4) is 0 Å². The van der Waals surface area contributed by atoms with E-state index in [0.717, 1.165) is 64.3 Å². The fourth-order valence-corrected chi connectivity index (χ4v) is 4.48. The Kier molecular flexibility index (Phi) is 6.57. The van der Waals surface area contributed by atoms with Crippen LogP contribution in [0.3, 0.4) is 0 Å². The van der Waals surface area contributed by atoms with E-state index in [2.05, 4.69) is 63.0 Å². The number of benzene rings is 1. The quantitative estimate of drug-likeness (QED) is 0.784. The fourth-order valence-electron chi connectivity index (χ4n) is 4.48. The van der Waals surface area contributed by atoms with E-state index in [9.17, 15) is 4.79 Å². The molecule has 0 saturated carbocycles. The third-order valence-corrected chi connectivity index (χ3v) is 6.31. The first-order valence-corrected chi connectivity index (χ1v) is 10.9. The van der Waals surface area contributed by atoms with Gasteiger partial charge in [0.15, 0.2) is 0 Å². The highest BCUT2D eigenvalue weighted by Gasteiger charge is 2.28. The topological polar surface area (TPSA) is 39.7 Å². The number of pyridine rings is 1. The molecule has 2 fully saturated rings. The van der Waals surface area contributed by atoms with Crippen molar-refractivity contribution in [3.63, 3.8) is 0 Å². The number of aromatic nitrogens is 1. The summed E-state index contributed by atoms with van der Waals surface area (Å²) in [6, 6.07) is 15.2. The van der Waals surface area contributed by atoms with Gasteiger partial charge in [0.25, 0.3) is 0 Å². The Bertz CT molecular complexity index is 784. The predicted octanol–water partition coefficient (Wildman–Crippen LogP) is 3.09. The van der Waals surface area contributed by atoms with Gasteiger partial charge in [0.05, 0.1) is 5.69 Å². The number of carbonyl (C=O) groups excluding carboxylic acids is 1. The zero-order valence-corrected chi connectivity index (χ0v) is 17.5. The molecule has 4 rings (SSSR count). The fraction of sp³-hybridized carbons (Fsp3) is 0.500. The minimum Gasteiger partial charge on any atom is -0.338 e. The number of hydrogen-bond donors (Lipinski definition) is 0. The third kappa shape index (κ3) is 5.43. The average molecular weight is 393 g/mol. The minimum atomic E-state index is 0.307. The van der Waals surface area contributed by atoms with Crippen LogP contribution < -0.4 is 0 Å².